The fourth-order valence-corrected chi connectivity index (χ4v) is 4.09. The first kappa shape index (κ1) is 21.0. The molecular weight excluding hydrogens is 408 g/mol. The smallest absolute Gasteiger partial charge is 0.245 e. The van der Waals surface area contributed by atoms with E-state index in [9.17, 15) is 0 Å². The van der Waals surface area contributed by atoms with Crippen LogP contribution in [0.15, 0.2) is 85.2 Å². The molecule has 1 aliphatic rings. The standard InChI is InChI=1S/C26H25N2O2.ClH/c1-2-29-22-12-13-26-23(16-22)21(14-15-30-26)18-28-19-27(17-20-8-4-3-5-9-20)24-10-6-7-11-25(24)28;/h3-14,16,19H,2,15,17-18H2,1H3;1H/q+1;/p-1. The van der Waals surface area contributed by atoms with E-state index < -0.39 is 0 Å². The summed E-state index contributed by atoms with van der Waals surface area (Å²) in [5, 5.41) is 0. The number of allylic oxidation sites excluding steroid dienone is 1. The topological polar surface area (TPSA) is 27.3 Å². The third-order valence-corrected chi connectivity index (χ3v) is 5.49. The van der Waals surface area contributed by atoms with Gasteiger partial charge in [0.15, 0.2) is 11.0 Å². The first-order chi connectivity index (χ1) is 14.8. The first-order valence-corrected chi connectivity index (χ1v) is 10.4. The second-order valence-corrected chi connectivity index (χ2v) is 7.48. The van der Waals surface area contributed by atoms with E-state index in [0.717, 1.165) is 30.2 Å². The monoisotopic (exact) mass is 432 g/mol. The van der Waals surface area contributed by atoms with Gasteiger partial charge in [-0.25, -0.2) is 9.13 Å². The lowest BCUT2D eigenvalue weighted by atomic mass is 10.0. The average Bonchev–Trinajstić information content (AvgIpc) is 3.12. The van der Waals surface area contributed by atoms with E-state index in [4.69, 9.17) is 9.47 Å². The fraction of sp³-hybridized carbons (Fsp3) is 0.192. The van der Waals surface area contributed by atoms with Gasteiger partial charge in [0.2, 0.25) is 6.33 Å². The molecule has 5 rings (SSSR count). The number of hydrogen-bond donors (Lipinski definition) is 0. The summed E-state index contributed by atoms with van der Waals surface area (Å²) in [4.78, 5) is 0. The lowest BCUT2D eigenvalue weighted by Gasteiger charge is -2.19. The second-order valence-electron chi connectivity index (χ2n) is 7.48. The van der Waals surface area contributed by atoms with Crippen molar-refractivity contribution in [1.82, 2.24) is 4.57 Å². The summed E-state index contributed by atoms with van der Waals surface area (Å²) in [5.74, 6) is 1.80. The molecule has 31 heavy (non-hydrogen) atoms. The number of nitrogens with zero attached hydrogens (tertiary/aromatic N) is 2. The van der Waals surface area contributed by atoms with Crippen LogP contribution in [0.2, 0.25) is 0 Å². The molecule has 5 heteroatoms. The van der Waals surface area contributed by atoms with Gasteiger partial charge in [0.05, 0.1) is 6.61 Å². The van der Waals surface area contributed by atoms with Gasteiger partial charge in [-0.1, -0.05) is 42.5 Å². The molecule has 158 valence electrons. The second kappa shape index (κ2) is 9.27. The zero-order valence-electron chi connectivity index (χ0n) is 17.5. The number of halogens is 1. The third kappa shape index (κ3) is 4.30. The number of fused-ring (bicyclic) bond motifs is 2. The molecule has 2 heterocycles. The summed E-state index contributed by atoms with van der Waals surface area (Å²) in [5.41, 5.74) is 6.12. The van der Waals surface area contributed by atoms with E-state index >= 15 is 0 Å². The molecule has 4 nitrogen and oxygen atoms in total. The Morgan fingerprint density at radius 1 is 1.00 bits per heavy atom. The van der Waals surface area contributed by atoms with Crippen molar-refractivity contribution in [2.45, 2.75) is 20.0 Å². The summed E-state index contributed by atoms with van der Waals surface area (Å²) < 4.78 is 16.2. The molecule has 1 aromatic heterocycles. The number of para-hydroxylation sites is 2. The van der Waals surface area contributed by atoms with E-state index in [-0.39, 0.29) is 12.4 Å². The van der Waals surface area contributed by atoms with Gasteiger partial charge >= 0.3 is 0 Å². The molecule has 0 aliphatic carbocycles. The zero-order valence-corrected chi connectivity index (χ0v) is 18.3. The minimum absolute atomic E-state index is 0. The van der Waals surface area contributed by atoms with Gasteiger partial charge in [-0.15, -0.1) is 0 Å². The van der Waals surface area contributed by atoms with Gasteiger partial charge in [0.25, 0.3) is 0 Å². The molecule has 0 saturated heterocycles. The Morgan fingerprint density at radius 3 is 2.65 bits per heavy atom. The van der Waals surface area contributed by atoms with Crippen LogP contribution in [0, 0.1) is 0 Å². The molecule has 1 aliphatic heterocycles. The number of benzene rings is 3. The lowest BCUT2D eigenvalue weighted by Crippen LogP contribution is -3.00. The number of hydrogen-bond acceptors (Lipinski definition) is 2. The highest BCUT2D eigenvalue weighted by Crippen LogP contribution is 2.34. The van der Waals surface area contributed by atoms with Crippen LogP contribution >= 0.6 is 0 Å². The summed E-state index contributed by atoms with van der Waals surface area (Å²) in [7, 11) is 0. The Balaban J connectivity index is 0.00000231. The molecule has 4 aromatic rings. The van der Waals surface area contributed by atoms with Gasteiger partial charge < -0.3 is 21.9 Å². The van der Waals surface area contributed by atoms with Gasteiger partial charge in [-0.3, -0.25) is 0 Å². The van der Waals surface area contributed by atoms with E-state index in [2.05, 4.69) is 82.2 Å². The fourth-order valence-electron chi connectivity index (χ4n) is 4.09. The summed E-state index contributed by atoms with van der Waals surface area (Å²) in [6.45, 7) is 4.89. The Kier molecular flexibility index (Phi) is 6.28. The molecule has 0 bridgehead atoms. The van der Waals surface area contributed by atoms with Crippen molar-refractivity contribution < 1.29 is 26.4 Å². The van der Waals surface area contributed by atoms with Crippen molar-refractivity contribution in [2.24, 2.45) is 0 Å². The van der Waals surface area contributed by atoms with Crippen LogP contribution in [-0.4, -0.2) is 17.8 Å². The Labute approximate surface area is 188 Å². The summed E-state index contributed by atoms with van der Waals surface area (Å²) in [6.07, 6.45) is 4.40. The van der Waals surface area contributed by atoms with E-state index in [1.807, 2.05) is 19.1 Å². The van der Waals surface area contributed by atoms with Crippen LogP contribution in [0.25, 0.3) is 16.6 Å². The number of aromatic nitrogens is 2. The van der Waals surface area contributed by atoms with Gasteiger partial charge in [0, 0.05) is 11.1 Å². The van der Waals surface area contributed by atoms with Gasteiger partial charge in [-0.2, -0.15) is 0 Å². The maximum absolute atomic E-state index is 5.85. The quantitative estimate of drug-likeness (QED) is 0.435. The van der Waals surface area contributed by atoms with Crippen LogP contribution in [0.1, 0.15) is 18.1 Å². The Bertz CT molecular complexity index is 1210. The first-order valence-electron chi connectivity index (χ1n) is 10.4. The molecule has 0 amide bonds. The van der Waals surface area contributed by atoms with Crippen LogP contribution in [0.4, 0.5) is 0 Å². The van der Waals surface area contributed by atoms with Gasteiger partial charge in [-0.05, 0) is 48.9 Å². The van der Waals surface area contributed by atoms with Crippen LogP contribution in [0.3, 0.4) is 0 Å². The maximum atomic E-state index is 5.85. The zero-order chi connectivity index (χ0) is 20.3. The highest BCUT2D eigenvalue weighted by Gasteiger charge is 2.21. The maximum Gasteiger partial charge on any atom is 0.245 e. The number of imidazole rings is 1. The van der Waals surface area contributed by atoms with Crippen LogP contribution in [-0.2, 0) is 13.1 Å². The van der Waals surface area contributed by atoms with Gasteiger partial charge in [0.1, 0.15) is 31.2 Å². The highest BCUT2D eigenvalue weighted by atomic mass is 35.5. The Morgan fingerprint density at radius 2 is 1.81 bits per heavy atom. The summed E-state index contributed by atoms with van der Waals surface area (Å²) in [6, 6.07) is 25.2. The SMILES string of the molecule is CCOc1ccc2c(c1)C(Cn1c[n+](Cc3ccccc3)c3ccccc31)=CCO2.[Cl-]. The lowest BCUT2D eigenvalue weighted by molar-refractivity contribution is -0.663. The molecule has 0 fully saturated rings. The molecule has 0 saturated carbocycles. The molecule has 0 spiro atoms. The molecule has 3 aromatic carbocycles. The van der Waals surface area contributed by atoms with Crippen molar-refractivity contribution in [3.63, 3.8) is 0 Å². The molecule has 0 radical (unpaired) electrons. The third-order valence-electron chi connectivity index (χ3n) is 5.49. The molecular formula is C26H25ClN2O2. The normalized spacial score (nSPS) is 12.5. The van der Waals surface area contributed by atoms with Crippen molar-refractivity contribution >= 4 is 16.6 Å². The predicted octanol–water partition coefficient (Wildman–Crippen LogP) is 1.86. The Hall–Kier alpha value is -3.24. The van der Waals surface area contributed by atoms with Crippen molar-refractivity contribution in [1.29, 1.82) is 0 Å². The summed E-state index contributed by atoms with van der Waals surface area (Å²) >= 11 is 0. The van der Waals surface area contributed by atoms with E-state index in [0.29, 0.717) is 13.2 Å². The van der Waals surface area contributed by atoms with Crippen LogP contribution < -0.4 is 26.4 Å². The average molecular weight is 433 g/mol. The molecule has 0 atom stereocenters. The number of rotatable bonds is 6. The van der Waals surface area contributed by atoms with Crippen molar-refractivity contribution in [3.05, 3.63) is 96.3 Å². The molecule has 0 N–H and O–H groups in total. The van der Waals surface area contributed by atoms with Crippen molar-refractivity contribution in [3.8, 4) is 11.5 Å². The highest BCUT2D eigenvalue weighted by molar-refractivity contribution is 5.76. The minimum atomic E-state index is 0. The van der Waals surface area contributed by atoms with Crippen molar-refractivity contribution in [2.75, 3.05) is 13.2 Å². The van der Waals surface area contributed by atoms with E-state index in [1.54, 1.807) is 0 Å². The molecule has 0 unspecified atom stereocenters. The minimum Gasteiger partial charge on any atom is -1.00 e. The van der Waals surface area contributed by atoms with Crippen LogP contribution in [0.5, 0.6) is 11.5 Å². The predicted molar refractivity (Wildman–Crippen MR) is 119 cm³/mol. The van der Waals surface area contributed by atoms with E-state index in [1.165, 1.54) is 22.2 Å². The largest absolute Gasteiger partial charge is 1.00 e. The number of ether oxygens (including phenoxy) is 2.